The van der Waals surface area contributed by atoms with Crippen LogP contribution in [0.15, 0.2) is 26.7 Å². The molecule has 1 heterocycles. The van der Waals surface area contributed by atoms with Crippen molar-refractivity contribution >= 4 is 11.8 Å². The number of hydrogen-bond donors (Lipinski definition) is 1. The molecule has 0 radical (unpaired) electrons. The summed E-state index contributed by atoms with van der Waals surface area (Å²) < 4.78 is 33.3. The van der Waals surface area contributed by atoms with Crippen molar-refractivity contribution in [2.75, 3.05) is 0 Å². The van der Waals surface area contributed by atoms with E-state index in [2.05, 4.69) is 4.98 Å². The van der Waals surface area contributed by atoms with Gasteiger partial charge in [0.25, 0.3) is 5.22 Å². The van der Waals surface area contributed by atoms with Gasteiger partial charge >= 0.3 is 0 Å². The van der Waals surface area contributed by atoms with Crippen molar-refractivity contribution in [3.63, 3.8) is 0 Å². The molecule has 0 bridgehead atoms. The van der Waals surface area contributed by atoms with E-state index < -0.39 is 11.6 Å². The Morgan fingerprint density at radius 1 is 1.30 bits per heavy atom. The third-order valence-corrected chi connectivity index (χ3v) is 3.76. The number of nitrogens with zero attached hydrogens (tertiary/aromatic N) is 1. The van der Waals surface area contributed by atoms with Crippen molar-refractivity contribution < 1.29 is 13.2 Å². The van der Waals surface area contributed by atoms with E-state index in [1.165, 1.54) is 12.1 Å². The summed E-state index contributed by atoms with van der Waals surface area (Å²) in [4.78, 5) is 3.99. The minimum Gasteiger partial charge on any atom is -0.436 e. The van der Waals surface area contributed by atoms with Crippen LogP contribution in [-0.4, -0.2) is 11.0 Å². The lowest BCUT2D eigenvalue weighted by atomic mass is 10.1. The summed E-state index contributed by atoms with van der Waals surface area (Å²) in [5.74, 6) is -0.611. The quantitative estimate of drug-likeness (QED) is 0.937. The number of rotatable bonds is 4. The Hall–Kier alpha value is -1.40. The molecule has 2 rings (SSSR count). The molecule has 3 nitrogen and oxygen atoms in total. The van der Waals surface area contributed by atoms with Gasteiger partial charge in [0.05, 0.1) is 10.6 Å². The molecule has 1 unspecified atom stereocenters. The third-order valence-electron chi connectivity index (χ3n) is 2.81. The summed E-state index contributed by atoms with van der Waals surface area (Å²) >= 11 is 0.844. The van der Waals surface area contributed by atoms with Crippen LogP contribution in [0.4, 0.5) is 8.78 Å². The first kappa shape index (κ1) is 15.0. The minimum absolute atomic E-state index is 0.111. The van der Waals surface area contributed by atoms with Crippen LogP contribution in [0.2, 0.25) is 0 Å². The molecule has 0 aliphatic heterocycles. The zero-order valence-corrected chi connectivity index (χ0v) is 12.4. The van der Waals surface area contributed by atoms with Gasteiger partial charge in [-0.25, -0.2) is 13.8 Å². The molecule has 0 saturated carbocycles. The molecular formula is C14H16F2N2OS. The summed E-state index contributed by atoms with van der Waals surface area (Å²) in [5, 5.41) is 0.234. The van der Waals surface area contributed by atoms with Crippen LogP contribution < -0.4 is 5.73 Å². The average Bonchev–Trinajstić information content (AvgIpc) is 2.62. The number of hydrogen-bond acceptors (Lipinski definition) is 4. The van der Waals surface area contributed by atoms with E-state index in [4.69, 9.17) is 10.2 Å². The molecule has 6 heteroatoms. The number of oxazole rings is 1. The normalized spacial score (nSPS) is 12.7. The molecule has 108 valence electrons. The van der Waals surface area contributed by atoms with Gasteiger partial charge < -0.3 is 10.2 Å². The first-order valence-corrected chi connectivity index (χ1v) is 7.04. The van der Waals surface area contributed by atoms with Crippen LogP contribution in [-0.2, 0) is 6.42 Å². The van der Waals surface area contributed by atoms with Gasteiger partial charge in [-0.2, -0.15) is 0 Å². The largest absolute Gasteiger partial charge is 0.436 e. The molecule has 1 atom stereocenters. The second kappa shape index (κ2) is 5.93. The second-order valence-corrected chi connectivity index (χ2v) is 5.76. The minimum atomic E-state index is -0.626. The van der Waals surface area contributed by atoms with Gasteiger partial charge in [0.1, 0.15) is 17.4 Å². The SMILES string of the molecule is Cc1nc(Sc2c(F)cc(CC(C)N)cc2F)oc1C. The molecule has 0 aliphatic rings. The van der Waals surface area contributed by atoms with Crippen molar-refractivity contribution in [1.29, 1.82) is 0 Å². The van der Waals surface area contributed by atoms with Gasteiger partial charge in [-0.05, 0) is 56.7 Å². The highest BCUT2D eigenvalue weighted by Gasteiger charge is 2.16. The first-order chi connectivity index (χ1) is 9.36. The molecular weight excluding hydrogens is 282 g/mol. The lowest BCUT2D eigenvalue weighted by Gasteiger charge is -2.08. The highest BCUT2D eigenvalue weighted by Crippen LogP contribution is 2.33. The van der Waals surface area contributed by atoms with Gasteiger partial charge in [-0.15, -0.1) is 0 Å². The van der Waals surface area contributed by atoms with Gasteiger partial charge in [-0.3, -0.25) is 0 Å². The Balaban J connectivity index is 2.28. The van der Waals surface area contributed by atoms with E-state index in [1.54, 1.807) is 20.8 Å². The van der Waals surface area contributed by atoms with Crippen molar-refractivity contribution in [2.45, 2.75) is 43.4 Å². The van der Waals surface area contributed by atoms with Crippen molar-refractivity contribution in [1.82, 2.24) is 4.98 Å². The molecule has 1 aromatic carbocycles. The van der Waals surface area contributed by atoms with Crippen molar-refractivity contribution in [2.24, 2.45) is 5.73 Å². The lowest BCUT2D eigenvalue weighted by molar-refractivity contribution is 0.429. The van der Waals surface area contributed by atoms with E-state index in [9.17, 15) is 8.78 Å². The Labute approximate surface area is 120 Å². The Morgan fingerprint density at radius 3 is 2.35 bits per heavy atom. The van der Waals surface area contributed by atoms with Gasteiger partial charge in [0.2, 0.25) is 0 Å². The Morgan fingerprint density at radius 2 is 1.90 bits per heavy atom. The second-order valence-electron chi connectivity index (χ2n) is 4.79. The van der Waals surface area contributed by atoms with Crippen LogP contribution in [0, 0.1) is 25.5 Å². The molecule has 0 aliphatic carbocycles. The van der Waals surface area contributed by atoms with Crippen LogP contribution in [0.1, 0.15) is 23.9 Å². The highest BCUT2D eigenvalue weighted by atomic mass is 32.2. The number of aromatic nitrogens is 1. The zero-order valence-electron chi connectivity index (χ0n) is 11.5. The standard InChI is InChI=1S/C14H16F2N2OS/c1-7(17)4-10-5-11(15)13(12(16)6-10)20-14-18-8(2)9(3)19-14/h5-7H,4,17H2,1-3H3. The summed E-state index contributed by atoms with van der Waals surface area (Å²) in [6.07, 6.45) is 0.427. The predicted molar refractivity (Wildman–Crippen MR) is 73.8 cm³/mol. The van der Waals surface area contributed by atoms with Crippen LogP contribution in [0.5, 0.6) is 0 Å². The summed E-state index contributed by atoms with van der Waals surface area (Å²) in [7, 11) is 0. The number of aryl methyl sites for hydroxylation is 2. The van der Waals surface area contributed by atoms with Crippen molar-refractivity contribution in [3.05, 3.63) is 40.8 Å². The van der Waals surface area contributed by atoms with Crippen molar-refractivity contribution in [3.8, 4) is 0 Å². The fourth-order valence-corrected chi connectivity index (χ4v) is 2.61. The van der Waals surface area contributed by atoms with E-state index in [0.717, 1.165) is 11.8 Å². The topological polar surface area (TPSA) is 52.0 Å². The number of benzene rings is 1. The smallest absolute Gasteiger partial charge is 0.261 e. The Kier molecular flexibility index (Phi) is 4.45. The van der Waals surface area contributed by atoms with E-state index in [0.29, 0.717) is 23.4 Å². The average molecular weight is 298 g/mol. The molecule has 20 heavy (non-hydrogen) atoms. The molecule has 0 spiro atoms. The van der Waals surface area contributed by atoms with Gasteiger partial charge in [-0.1, -0.05) is 0 Å². The predicted octanol–water partition coefficient (Wildman–Crippen LogP) is 3.61. The zero-order chi connectivity index (χ0) is 14.9. The maximum atomic E-state index is 14.0. The maximum absolute atomic E-state index is 14.0. The molecule has 2 aromatic rings. The molecule has 0 fully saturated rings. The molecule has 2 N–H and O–H groups in total. The maximum Gasteiger partial charge on any atom is 0.261 e. The number of halogens is 2. The fraction of sp³-hybridized carbons (Fsp3) is 0.357. The number of nitrogens with two attached hydrogens (primary N) is 1. The molecule has 0 amide bonds. The molecule has 0 saturated heterocycles. The fourth-order valence-electron chi connectivity index (χ4n) is 1.77. The monoisotopic (exact) mass is 298 g/mol. The van der Waals surface area contributed by atoms with E-state index in [-0.39, 0.29) is 16.2 Å². The van der Waals surface area contributed by atoms with Crippen LogP contribution in [0.25, 0.3) is 0 Å². The summed E-state index contributed by atoms with van der Waals surface area (Å²) in [6, 6.07) is 2.46. The Bertz CT molecular complexity index is 583. The summed E-state index contributed by atoms with van der Waals surface area (Å²) in [6.45, 7) is 5.32. The molecule has 1 aromatic heterocycles. The van der Waals surface area contributed by atoms with E-state index in [1.807, 2.05) is 0 Å². The van der Waals surface area contributed by atoms with Crippen LogP contribution in [0.3, 0.4) is 0 Å². The van der Waals surface area contributed by atoms with Gasteiger partial charge in [0.15, 0.2) is 0 Å². The van der Waals surface area contributed by atoms with Gasteiger partial charge in [0, 0.05) is 6.04 Å². The van der Waals surface area contributed by atoms with Crippen LogP contribution >= 0.6 is 11.8 Å². The van der Waals surface area contributed by atoms with E-state index >= 15 is 0 Å². The first-order valence-electron chi connectivity index (χ1n) is 6.22. The third kappa shape index (κ3) is 3.37. The lowest BCUT2D eigenvalue weighted by Crippen LogP contribution is -2.18. The summed E-state index contributed by atoms with van der Waals surface area (Å²) in [5.41, 5.74) is 6.88. The highest BCUT2D eigenvalue weighted by molar-refractivity contribution is 7.99.